The fourth-order valence-corrected chi connectivity index (χ4v) is 6.99. The summed E-state index contributed by atoms with van der Waals surface area (Å²) in [6.45, 7) is 1.86. The van der Waals surface area contributed by atoms with E-state index in [0.717, 1.165) is 16.9 Å². The van der Waals surface area contributed by atoms with E-state index >= 15 is 0 Å². The summed E-state index contributed by atoms with van der Waals surface area (Å²) in [6, 6.07) is 15.1. The van der Waals surface area contributed by atoms with Crippen LogP contribution in [-0.4, -0.2) is 35.9 Å². The van der Waals surface area contributed by atoms with Gasteiger partial charge in [0.2, 0.25) is 24.0 Å². The molecule has 0 aliphatic rings. The molecular formula is C19H20N2O4S3. The first-order chi connectivity index (χ1) is 13.1. The zero-order valence-electron chi connectivity index (χ0n) is 15.7. The fraction of sp³-hybridized carbons (Fsp3) is 0.211. The van der Waals surface area contributed by atoms with Gasteiger partial charge in [-0.15, -0.1) is 0 Å². The van der Waals surface area contributed by atoms with Gasteiger partial charge in [-0.2, -0.15) is 0 Å². The summed E-state index contributed by atoms with van der Waals surface area (Å²) in [5.74, 6) is -0.238. The average Bonchev–Trinajstić information content (AvgIpc) is 3.10. The van der Waals surface area contributed by atoms with Crippen LogP contribution in [0.2, 0.25) is 0 Å². The molecule has 1 aromatic heterocycles. The van der Waals surface area contributed by atoms with Crippen molar-refractivity contribution in [2.24, 2.45) is 0 Å². The van der Waals surface area contributed by atoms with Crippen LogP contribution in [0.3, 0.4) is 0 Å². The molecule has 0 N–H and O–H groups in total. The molecule has 0 amide bonds. The Kier molecular flexibility index (Phi) is 5.60. The van der Waals surface area contributed by atoms with E-state index in [-0.39, 0.29) is 25.0 Å². The van der Waals surface area contributed by atoms with E-state index in [9.17, 15) is 16.8 Å². The molecule has 0 saturated heterocycles. The van der Waals surface area contributed by atoms with Crippen LogP contribution in [0.25, 0.3) is 0 Å². The van der Waals surface area contributed by atoms with Crippen molar-refractivity contribution in [2.45, 2.75) is 26.9 Å². The van der Waals surface area contributed by atoms with Gasteiger partial charge in [0.1, 0.15) is 5.00 Å². The summed E-state index contributed by atoms with van der Waals surface area (Å²) in [4.78, 5) is 5.72. The van der Waals surface area contributed by atoms with Crippen molar-refractivity contribution in [3.63, 3.8) is 0 Å². The molecule has 148 valence electrons. The molecule has 3 rings (SSSR count). The number of hydrogen-bond donors (Lipinski definition) is 0. The number of benzene rings is 2. The van der Waals surface area contributed by atoms with Crippen molar-refractivity contribution in [1.82, 2.24) is 4.98 Å². The van der Waals surface area contributed by atoms with E-state index in [1.807, 2.05) is 6.92 Å². The van der Waals surface area contributed by atoms with Crippen LogP contribution in [-0.2, 0) is 25.4 Å². The highest BCUT2D eigenvalue weighted by atomic mass is 32.2. The molecule has 0 spiro atoms. The van der Waals surface area contributed by atoms with Crippen LogP contribution in [0.5, 0.6) is 0 Å². The number of hydrogen-bond acceptors (Lipinski definition) is 7. The number of aryl methyl sites for hydroxylation is 1. The molecule has 0 fully saturated rings. The van der Waals surface area contributed by atoms with Crippen molar-refractivity contribution in [1.29, 1.82) is 0 Å². The summed E-state index contributed by atoms with van der Waals surface area (Å²) in [5.41, 5.74) is 1.54. The van der Waals surface area contributed by atoms with Crippen LogP contribution < -0.4 is 4.90 Å². The molecule has 2 aromatic carbocycles. The second-order valence-corrected chi connectivity index (χ2v) is 11.6. The van der Waals surface area contributed by atoms with Crippen molar-refractivity contribution >= 4 is 36.0 Å². The molecular weight excluding hydrogens is 416 g/mol. The largest absolute Gasteiger partial charge is 0.367 e. The Morgan fingerprint density at radius 1 is 0.929 bits per heavy atom. The Bertz CT molecular complexity index is 1180. The van der Waals surface area contributed by atoms with E-state index in [1.165, 1.54) is 12.1 Å². The van der Waals surface area contributed by atoms with Gasteiger partial charge in [-0.3, -0.25) is 0 Å². The van der Waals surface area contributed by atoms with Crippen LogP contribution >= 0.6 is 11.3 Å². The van der Waals surface area contributed by atoms with Gasteiger partial charge < -0.3 is 4.90 Å². The Labute approximate surface area is 169 Å². The zero-order chi connectivity index (χ0) is 20.5. The summed E-state index contributed by atoms with van der Waals surface area (Å²) in [7, 11) is -4.41. The third-order valence-corrected chi connectivity index (χ3v) is 9.20. The standard InChI is InChI=1S/C19H20N2O4S3/c1-14-9-11-16(12-10-14)28(24,25)17-18(21(2)3)26-19(20-17)27(22,23)13-15-7-5-4-6-8-15/h4-12H,13H2,1-3H3. The van der Waals surface area contributed by atoms with E-state index in [0.29, 0.717) is 5.56 Å². The first kappa shape index (κ1) is 20.5. The molecule has 0 aliphatic heterocycles. The minimum absolute atomic E-state index is 0.0820. The van der Waals surface area contributed by atoms with Gasteiger partial charge in [-0.25, -0.2) is 21.8 Å². The molecule has 0 saturated carbocycles. The molecule has 0 aliphatic carbocycles. The lowest BCUT2D eigenvalue weighted by atomic mass is 10.2. The maximum atomic E-state index is 13.1. The van der Waals surface area contributed by atoms with Crippen molar-refractivity contribution in [2.75, 3.05) is 19.0 Å². The molecule has 0 unspecified atom stereocenters. The lowest BCUT2D eigenvalue weighted by Crippen LogP contribution is -2.12. The van der Waals surface area contributed by atoms with Gasteiger partial charge in [-0.1, -0.05) is 59.4 Å². The highest BCUT2D eigenvalue weighted by molar-refractivity contribution is 7.93. The third kappa shape index (κ3) is 4.11. The summed E-state index contributed by atoms with van der Waals surface area (Å²) in [6.07, 6.45) is 0. The molecule has 3 aromatic rings. The maximum Gasteiger partial charge on any atom is 0.226 e. The topological polar surface area (TPSA) is 84.4 Å². The van der Waals surface area contributed by atoms with E-state index in [1.54, 1.807) is 61.5 Å². The number of sulfone groups is 2. The number of rotatable bonds is 6. The van der Waals surface area contributed by atoms with E-state index in [4.69, 9.17) is 0 Å². The van der Waals surface area contributed by atoms with Gasteiger partial charge in [0, 0.05) is 14.1 Å². The Morgan fingerprint density at radius 3 is 2.11 bits per heavy atom. The molecule has 6 nitrogen and oxygen atoms in total. The average molecular weight is 437 g/mol. The molecule has 0 bridgehead atoms. The predicted molar refractivity (Wildman–Crippen MR) is 110 cm³/mol. The number of aromatic nitrogens is 1. The first-order valence-electron chi connectivity index (χ1n) is 8.38. The monoisotopic (exact) mass is 436 g/mol. The normalized spacial score (nSPS) is 12.1. The van der Waals surface area contributed by atoms with Crippen LogP contribution in [0, 0.1) is 6.92 Å². The lowest BCUT2D eigenvalue weighted by molar-refractivity contribution is 0.589. The Morgan fingerprint density at radius 2 is 1.54 bits per heavy atom. The molecule has 0 atom stereocenters. The Balaban J connectivity index is 2.09. The highest BCUT2D eigenvalue weighted by Gasteiger charge is 2.31. The smallest absolute Gasteiger partial charge is 0.226 e. The number of nitrogens with zero attached hydrogens (tertiary/aromatic N) is 2. The SMILES string of the molecule is Cc1ccc(S(=O)(=O)c2nc(S(=O)(=O)Cc3ccccc3)sc2N(C)C)cc1. The Hall–Kier alpha value is -2.23. The van der Waals surface area contributed by atoms with Crippen molar-refractivity contribution in [3.8, 4) is 0 Å². The van der Waals surface area contributed by atoms with Gasteiger partial charge in [0.05, 0.1) is 10.6 Å². The summed E-state index contributed by atoms with van der Waals surface area (Å²) >= 11 is 0.866. The highest BCUT2D eigenvalue weighted by Crippen LogP contribution is 2.37. The zero-order valence-corrected chi connectivity index (χ0v) is 18.1. The minimum Gasteiger partial charge on any atom is -0.367 e. The third-order valence-electron chi connectivity index (χ3n) is 4.02. The summed E-state index contributed by atoms with van der Waals surface area (Å²) < 4.78 is 51.6. The number of anilines is 1. The first-order valence-corrected chi connectivity index (χ1v) is 12.3. The maximum absolute atomic E-state index is 13.1. The van der Waals surface area contributed by atoms with E-state index in [2.05, 4.69) is 4.98 Å². The fourth-order valence-electron chi connectivity index (χ4n) is 2.55. The second kappa shape index (κ2) is 7.65. The predicted octanol–water partition coefficient (Wildman–Crippen LogP) is 3.32. The van der Waals surface area contributed by atoms with Crippen molar-refractivity contribution in [3.05, 3.63) is 65.7 Å². The minimum atomic E-state index is -3.95. The molecule has 28 heavy (non-hydrogen) atoms. The molecule has 1 heterocycles. The second-order valence-electron chi connectivity index (χ2n) is 6.55. The van der Waals surface area contributed by atoms with Crippen molar-refractivity contribution < 1.29 is 16.8 Å². The van der Waals surface area contributed by atoms with Gasteiger partial charge >= 0.3 is 0 Å². The lowest BCUT2D eigenvalue weighted by Gasteiger charge is -2.11. The molecule has 0 radical (unpaired) electrons. The summed E-state index contributed by atoms with van der Waals surface area (Å²) in [5, 5.41) is 0.0465. The van der Waals surface area contributed by atoms with Crippen LogP contribution in [0.4, 0.5) is 5.00 Å². The van der Waals surface area contributed by atoms with E-state index < -0.39 is 19.7 Å². The number of thiazole rings is 1. The van der Waals surface area contributed by atoms with Crippen LogP contribution in [0.15, 0.2) is 68.9 Å². The molecule has 9 heteroatoms. The van der Waals surface area contributed by atoms with Gasteiger partial charge in [0.15, 0.2) is 5.03 Å². The van der Waals surface area contributed by atoms with Gasteiger partial charge in [-0.05, 0) is 24.6 Å². The quantitative estimate of drug-likeness (QED) is 0.589. The van der Waals surface area contributed by atoms with Gasteiger partial charge in [0.25, 0.3) is 0 Å². The van der Waals surface area contributed by atoms with Crippen LogP contribution in [0.1, 0.15) is 11.1 Å².